The van der Waals surface area contributed by atoms with Gasteiger partial charge in [0, 0.05) is 19.0 Å². The summed E-state index contributed by atoms with van der Waals surface area (Å²) in [4.78, 5) is 29.9. The number of carbonyl (C=O) groups is 2. The van der Waals surface area contributed by atoms with Gasteiger partial charge in [-0.05, 0) is 37.8 Å². The van der Waals surface area contributed by atoms with Gasteiger partial charge in [-0.3, -0.25) is 9.78 Å². The van der Waals surface area contributed by atoms with E-state index in [1.165, 1.54) is 0 Å². The fourth-order valence-electron chi connectivity index (χ4n) is 3.72. The molecule has 0 unspecified atom stereocenters. The van der Waals surface area contributed by atoms with Crippen molar-refractivity contribution in [2.45, 2.75) is 33.6 Å². The number of rotatable bonds is 5. The number of hydrogen-bond acceptors (Lipinski definition) is 5. The number of nitrogen functional groups attached to an aromatic ring is 1. The van der Waals surface area contributed by atoms with Crippen LogP contribution >= 0.6 is 0 Å². The molecule has 0 atom stereocenters. The molecule has 0 saturated carbocycles. The summed E-state index contributed by atoms with van der Waals surface area (Å²) in [5.74, 6) is 0.00631. The number of piperidine rings is 1. The van der Waals surface area contributed by atoms with Crippen molar-refractivity contribution in [1.82, 2.24) is 9.88 Å². The number of anilines is 1. The van der Waals surface area contributed by atoms with Gasteiger partial charge in [0.25, 0.3) is 0 Å². The van der Waals surface area contributed by atoms with Gasteiger partial charge in [-0.2, -0.15) is 0 Å². The first-order valence-corrected chi connectivity index (χ1v) is 9.63. The fraction of sp³-hybridized carbons (Fsp3) is 0.476. The molecule has 150 valence electrons. The maximum Gasteiger partial charge on any atom is 0.339 e. The number of likely N-dealkylation sites (tertiary alicyclic amines) is 1. The molecule has 1 aromatic carbocycles. The summed E-state index contributed by atoms with van der Waals surface area (Å²) < 4.78 is 6.04. The van der Waals surface area contributed by atoms with Gasteiger partial charge in [-0.25, -0.2) is 4.79 Å². The van der Waals surface area contributed by atoms with Gasteiger partial charge in [-0.15, -0.1) is 0 Å². The molecule has 2 heterocycles. The predicted octanol–water partition coefficient (Wildman–Crippen LogP) is 3.10. The normalized spacial score (nSPS) is 15.2. The number of fused-ring (bicyclic) bond motifs is 1. The summed E-state index contributed by atoms with van der Waals surface area (Å²) in [5, 5.41) is 9.99. The largest absolute Gasteiger partial charge is 0.493 e. The summed E-state index contributed by atoms with van der Waals surface area (Å²) in [6, 6.07) is 5.42. The molecule has 7 heteroatoms. The van der Waals surface area contributed by atoms with Crippen LogP contribution in [0.2, 0.25) is 0 Å². The molecule has 1 fully saturated rings. The lowest BCUT2D eigenvalue weighted by molar-refractivity contribution is -0.136. The number of carboxylic acid groups (broad SMARTS) is 1. The second kappa shape index (κ2) is 8.04. The third-order valence-electron chi connectivity index (χ3n) is 5.30. The van der Waals surface area contributed by atoms with E-state index in [0.29, 0.717) is 34.9 Å². The first-order valence-electron chi connectivity index (χ1n) is 9.63. The van der Waals surface area contributed by atoms with Crippen LogP contribution in [0, 0.1) is 18.8 Å². The molecule has 1 saturated heterocycles. The lowest BCUT2D eigenvalue weighted by Crippen LogP contribution is -2.41. The molecule has 1 aliphatic heterocycles. The Labute approximate surface area is 164 Å². The molecule has 1 aromatic heterocycles. The van der Waals surface area contributed by atoms with Crippen LogP contribution in [-0.2, 0) is 4.79 Å². The molecule has 2 aromatic rings. The molecule has 7 nitrogen and oxygen atoms in total. The Morgan fingerprint density at radius 1 is 1.32 bits per heavy atom. The number of aromatic nitrogens is 1. The van der Waals surface area contributed by atoms with Crippen LogP contribution in [0.3, 0.4) is 0 Å². The summed E-state index contributed by atoms with van der Waals surface area (Å²) in [6.45, 7) is 7.46. The summed E-state index contributed by atoms with van der Waals surface area (Å²) >= 11 is 0. The van der Waals surface area contributed by atoms with Crippen molar-refractivity contribution < 1.29 is 19.4 Å². The Balaban J connectivity index is 1.74. The topological polar surface area (TPSA) is 106 Å². The van der Waals surface area contributed by atoms with Crippen molar-refractivity contribution in [3.63, 3.8) is 0 Å². The molecule has 1 aliphatic rings. The number of aryl methyl sites for hydroxylation is 1. The molecule has 28 heavy (non-hydrogen) atoms. The zero-order valence-corrected chi connectivity index (χ0v) is 16.6. The molecule has 0 aliphatic carbocycles. The number of amides is 1. The van der Waals surface area contributed by atoms with Gasteiger partial charge in [0.15, 0.2) is 0 Å². The number of nitrogens with zero attached hydrogens (tertiary/aromatic N) is 2. The van der Waals surface area contributed by atoms with Crippen molar-refractivity contribution in [1.29, 1.82) is 0 Å². The van der Waals surface area contributed by atoms with E-state index in [9.17, 15) is 14.7 Å². The average molecular weight is 385 g/mol. The van der Waals surface area contributed by atoms with Crippen LogP contribution in [-0.4, -0.2) is 46.6 Å². The minimum atomic E-state index is -1.10. The van der Waals surface area contributed by atoms with Crippen LogP contribution < -0.4 is 10.5 Å². The number of ether oxygens (including phenoxy) is 1. The van der Waals surface area contributed by atoms with E-state index >= 15 is 0 Å². The number of carboxylic acids is 1. The SMILES string of the molecule is Cc1nc2cccc(OCC3CCN(C(=O)C(C)C)CC3)c2c(N)c1C(=O)O. The van der Waals surface area contributed by atoms with Gasteiger partial charge < -0.3 is 20.5 Å². The quantitative estimate of drug-likeness (QED) is 0.819. The fourth-order valence-corrected chi connectivity index (χ4v) is 3.72. The van der Waals surface area contributed by atoms with Crippen molar-refractivity contribution in [3.8, 4) is 5.75 Å². The van der Waals surface area contributed by atoms with E-state index in [1.807, 2.05) is 24.8 Å². The van der Waals surface area contributed by atoms with Crippen LogP contribution in [0.4, 0.5) is 5.69 Å². The first kappa shape index (κ1) is 19.9. The second-order valence-corrected chi connectivity index (χ2v) is 7.68. The van der Waals surface area contributed by atoms with Crippen molar-refractivity contribution in [2.24, 2.45) is 11.8 Å². The van der Waals surface area contributed by atoms with Crippen LogP contribution in [0.25, 0.3) is 10.9 Å². The Bertz CT molecular complexity index is 902. The maximum absolute atomic E-state index is 12.1. The van der Waals surface area contributed by atoms with Gasteiger partial charge in [0.05, 0.1) is 28.9 Å². The molecule has 3 rings (SSSR count). The molecule has 0 bridgehead atoms. The Hall–Kier alpha value is -2.83. The number of pyridine rings is 1. The minimum Gasteiger partial charge on any atom is -0.493 e. The Kier molecular flexibility index (Phi) is 5.72. The highest BCUT2D eigenvalue weighted by atomic mass is 16.5. The zero-order valence-electron chi connectivity index (χ0n) is 16.6. The molecular formula is C21H27N3O4. The minimum absolute atomic E-state index is 0.0176. The van der Waals surface area contributed by atoms with Gasteiger partial charge in [0.1, 0.15) is 11.3 Å². The van der Waals surface area contributed by atoms with E-state index < -0.39 is 5.97 Å². The van der Waals surface area contributed by atoms with Crippen molar-refractivity contribution in [2.75, 3.05) is 25.4 Å². The average Bonchev–Trinajstić information content (AvgIpc) is 2.65. The third kappa shape index (κ3) is 3.88. The maximum atomic E-state index is 12.1. The molecular weight excluding hydrogens is 358 g/mol. The highest BCUT2D eigenvalue weighted by molar-refractivity contribution is 6.06. The highest BCUT2D eigenvalue weighted by Crippen LogP contribution is 2.34. The summed E-state index contributed by atoms with van der Waals surface area (Å²) in [6.07, 6.45) is 1.77. The smallest absolute Gasteiger partial charge is 0.339 e. The Morgan fingerprint density at radius 3 is 2.61 bits per heavy atom. The number of nitrogens with two attached hydrogens (primary N) is 1. The molecule has 0 spiro atoms. The second-order valence-electron chi connectivity index (χ2n) is 7.68. The number of carbonyl (C=O) groups excluding carboxylic acids is 1. The van der Waals surface area contributed by atoms with E-state index in [4.69, 9.17) is 10.5 Å². The van der Waals surface area contributed by atoms with Crippen molar-refractivity contribution >= 4 is 28.5 Å². The van der Waals surface area contributed by atoms with Gasteiger partial charge in [0.2, 0.25) is 5.91 Å². The lowest BCUT2D eigenvalue weighted by Gasteiger charge is -2.33. The Morgan fingerprint density at radius 2 is 2.00 bits per heavy atom. The van der Waals surface area contributed by atoms with Gasteiger partial charge >= 0.3 is 5.97 Å². The molecule has 0 radical (unpaired) electrons. The zero-order chi connectivity index (χ0) is 20.4. The molecule has 1 amide bonds. The number of benzene rings is 1. The number of aromatic carboxylic acids is 1. The third-order valence-corrected chi connectivity index (χ3v) is 5.30. The van der Waals surface area contributed by atoms with Crippen LogP contribution in [0.5, 0.6) is 5.75 Å². The van der Waals surface area contributed by atoms with Crippen molar-refractivity contribution in [3.05, 3.63) is 29.5 Å². The van der Waals surface area contributed by atoms with E-state index in [0.717, 1.165) is 25.9 Å². The molecule has 3 N–H and O–H groups in total. The predicted molar refractivity (Wildman–Crippen MR) is 107 cm³/mol. The standard InChI is InChI=1S/C21H27N3O4/c1-12(2)20(25)24-9-7-14(8-10-24)11-28-16-6-4-5-15-18(16)19(22)17(21(26)27)13(3)23-15/h4-6,12,14H,7-11H2,1-3H3,(H2,22,23)(H,26,27). The monoisotopic (exact) mass is 385 g/mol. The lowest BCUT2D eigenvalue weighted by atomic mass is 9.97. The summed E-state index contributed by atoms with van der Waals surface area (Å²) in [5.41, 5.74) is 7.37. The van der Waals surface area contributed by atoms with Gasteiger partial charge in [-0.1, -0.05) is 19.9 Å². The summed E-state index contributed by atoms with van der Waals surface area (Å²) in [7, 11) is 0. The van der Waals surface area contributed by atoms with E-state index in [-0.39, 0.29) is 23.1 Å². The van der Waals surface area contributed by atoms with E-state index in [2.05, 4.69) is 4.98 Å². The van der Waals surface area contributed by atoms with Crippen LogP contribution in [0.1, 0.15) is 42.7 Å². The van der Waals surface area contributed by atoms with Crippen LogP contribution in [0.15, 0.2) is 18.2 Å². The highest BCUT2D eigenvalue weighted by Gasteiger charge is 2.25. The number of hydrogen-bond donors (Lipinski definition) is 2. The van der Waals surface area contributed by atoms with E-state index in [1.54, 1.807) is 19.1 Å². The first-order chi connectivity index (χ1) is 13.3.